The summed E-state index contributed by atoms with van der Waals surface area (Å²) in [6.07, 6.45) is 9.13. The Morgan fingerprint density at radius 3 is 2.67 bits per heavy atom. The molecule has 2 saturated carbocycles. The molecule has 0 aliphatic heterocycles. The normalized spacial score (nSPS) is 23.7. The average Bonchev–Trinajstić information content (AvgIpc) is 2.71. The van der Waals surface area contributed by atoms with Crippen LogP contribution in [0.1, 0.15) is 61.7 Å². The van der Waals surface area contributed by atoms with E-state index in [1.54, 1.807) is 18.2 Å². The molecule has 1 amide bonds. The third kappa shape index (κ3) is 6.34. The van der Waals surface area contributed by atoms with E-state index in [2.05, 4.69) is 5.32 Å². The molecular weight excluding hydrogens is 424 g/mol. The molecule has 2 aliphatic rings. The smallest absolute Gasteiger partial charge is 0.252 e. The fourth-order valence-electron chi connectivity index (χ4n) is 4.95. The van der Waals surface area contributed by atoms with Crippen molar-refractivity contribution in [3.05, 3.63) is 28.8 Å². The van der Waals surface area contributed by atoms with Gasteiger partial charge in [-0.15, -0.1) is 0 Å². The van der Waals surface area contributed by atoms with Crippen molar-refractivity contribution in [2.45, 2.75) is 51.4 Å². The third-order valence-electron chi connectivity index (χ3n) is 6.46. The number of amides is 1. The molecule has 1 aromatic carbocycles. The number of nitrogens with two attached hydrogens (primary N) is 1. The van der Waals surface area contributed by atoms with Crippen molar-refractivity contribution >= 4 is 27.3 Å². The molecule has 0 saturated heterocycles. The summed E-state index contributed by atoms with van der Waals surface area (Å²) in [6, 6.07) is 4.97. The highest BCUT2D eigenvalue weighted by molar-refractivity contribution is 7.91. The van der Waals surface area contributed by atoms with Gasteiger partial charge in [0, 0.05) is 13.1 Å². The monoisotopic (exact) mass is 456 g/mol. The van der Waals surface area contributed by atoms with Crippen molar-refractivity contribution in [1.29, 1.82) is 0 Å². The molecule has 168 valence electrons. The maximum atomic E-state index is 12.8. The summed E-state index contributed by atoms with van der Waals surface area (Å²) in [5.74, 6) is 1.17. The summed E-state index contributed by atoms with van der Waals surface area (Å²) in [5.41, 5.74) is 5.94. The Morgan fingerprint density at radius 1 is 1.23 bits per heavy atom. The first-order valence-corrected chi connectivity index (χ1v) is 13.1. The molecule has 2 aliphatic carbocycles. The Hall–Kier alpha value is -1.31. The molecule has 0 atom stereocenters. The Balaban J connectivity index is 1.53. The first-order chi connectivity index (χ1) is 14.3. The van der Waals surface area contributed by atoms with Gasteiger partial charge in [0.25, 0.3) is 5.91 Å². The number of hydrogen-bond acceptors (Lipinski definition) is 5. The van der Waals surface area contributed by atoms with E-state index in [0.717, 1.165) is 5.92 Å². The quantitative estimate of drug-likeness (QED) is 0.524. The first kappa shape index (κ1) is 23.4. The number of carbonyl (C=O) groups is 1. The van der Waals surface area contributed by atoms with E-state index < -0.39 is 9.84 Å². The molecule has 8 heteroatoms. The maximum Gasteiger partial charge on any atom is 0.252 e. The number of rotatable bonds is 10. The van der Waals surface area contributed by atoms with Crippen LogP contribution in [0.4, 0.5) is 0 Å². The maximum absolute atomic E-state index is 12.8. The lowest BCUT2D eigenvalue weighted by Gasteiger charge is -2.45. The minimum Gasteiger partial charge on any atom is -0.494 e. The molecule has 0 heterocycles. The van der Waals surface area contributed by atoms with Crippen LogP contribution in [0.15, 0.2) is 18.2 Å². The second kappa shape index (κ2) is 10.3. The van der Waals surface area contributed by atoms with Crippen LogP contribution in [0.25, 0.3) is 0 Å². The summed E-state index contributed by atoms with van der Waals surface area (Å²) in [7, 11) is -3.13. The zero-order valence-electron chi connectivity index (χ0n) is 17.5. The Labute approximate surface area is 184 Å². The number of benzene rings is 1. The zero-order chi connectivity index (χ0) is 21.6. The molecule has 0 spiro atoms. The second-order valence-electron chi connectivity index (χ2n) is 8.82. The number of ether oxygens (including phenoxy) is 1. The molecule has 0 aromatic heterocycles. The predicted octanol–water partition coefficient (Wildman–Crippen LogP) is 3.57. The van der Waals surface area contributed by atoms with Gasteiger partial charge in [0.1, 0.15) is 5.75 Å². The third-order valence-corrected chi connectivity index (χ3v) is 8.56. The number of halogens is 1. The number of carbonyl (C=O) groups excluding carboxylic acids is 1. The van der Waals surface area contributed by atoms with Crippen molar-refractivity contribution in [2.24, 2.45) is 17.1 Å². The Morgan fingerprint density at radius 2 is 1.97 bits per heavy atom. The van der Waals surface area contributed by atoms with Crippen LogP contribution < -0.4 is 15.8 Å². The Kier molecular flexibility index (Phi) is 8.04. The standard InChI is InChI=1S/C22H33ClN2O4S/c23-20-7-6-18(29-11-3-12-30(27,28)13-10-24)14-19(20)21(26)25-16-22-8-1-4-17(15-22)5-2-9-22/h6-7,14,17H,1-5,8-13,15-16,24H2,(H,25,26). The lowest BCUT2D eigenvalue weighted by Crippen LogP contribution is -2.43. The van der Waals surface area contributed by atoms with E-state index >= 15 is 0 Å². The van der Waals surface area contributed by atoms with Crippen molar-refractivity contribution < 1.29 is 17.9 Å². The average molecular weight is 457 g/mol. The van der Waals surface area contributed by atoms with Gasteiger partial charge < -0.3 is 15.8 Å². The molecule has 2 bridgehead atoms. The number of fused-ring (bicyclic) bond motifs is 2. The van der Waals surface area contributed by atoms with Crippen LogP contribution in [0.3, 0.4) is 0 Å². The first-order valence-electron chi connectivity index (χ1n) is 10.9. The van der Waals surface area contributed by atoms with Gasteiger partial charge in [-0.1, -0.05) is 37.3 Å². The van der Waals surface area contributed by atoms with Gasteiger partial charge in [0.15, 0.2) is 9.84 Å². The minimum absolute atomic E-state index is 0.0134. The molecule has 1 aromatic rings. The summed E-state index contributed by atoms with van der Waals surface area (Å²) in [4.78, 5) is 12.8. The number of hydrogen-bond donors (Lipinski definition) is 2. The van der Waals surface area contributed by atoms with Crippen molar-refractivity contribution in [3.8, 4) is 5.75 Å². The summed E-state index contributed by atoms with van der Waals surface area (Å²) in [5, 5.41) is 3.50. The summed E-state index contributed by atoms with van der Waals surface area (Å²) >= 11 is 6.26. The molecule has 30 heavy (non-hydrogen) atoms. The van der Waals surface area contributed by atoms with E-state index in [1.165, 1.54) is 44.9 Å². The number of sulfone groups is 1. The molecule has 0 unspecified atom stereocenters. The van der Waals surface area contributed by atoms with Gasteiger partial charge >= 0.3 is 0 Å². The van der Waals surface area contributed by atoms with Gasteiger partial charge in [-0.05, 0) is 55.2 Å². The van der Waals surface area contributed by atoms with Crippen LogP contribution >= 0.6 is 11.6 Å². The fraction of sp³-hybridized carbons (Fsp3) is 0.682. The van der Waals surface area contributed by atoms with Gasteiger partial charge in [0.2, 0.25) is 0 Å². The lowest BCUT2D eigenvalue weighted by atomic mass is 9.62. The molecule has 0 radical (unpaired) electrons. The fourth-order valence-corrected chi connectivity index (χ4v) is 6.28. The highest BCUT2D eigenvalue weighted by Crippen LogP contribution is 2.48. The van der Waals surface area contributed by atoms with Gasteiger partial charge in [-0.3, -0.25) is 4.79 Å². The molecule has 6 nitrogen and oxygen atoms in total. The van der Waals surface area contributed by atoms with Crippen molar-refractivity contribution in [1.82, 2.24) is 5.32 Å². The van der Waals surface area contributed by atoms with E-state index in [9.17, 15) is 13.2 Å². The highest BCUT2D eigenvalue weighted by atomic mass is 35.5. The molecule has 3 N–H and O–H groups in total. The van der Waals surface area contributed by atoms with E-state index in [1.807, 2.05) is 0 Å². The van der Waals surface area contributed by atoms with Gasteiger partial charge in [-0.25, -0.2) is 8.42 Å². The SMILES string of the molecule is NCCS(=O)(=O)CCCOc1ccc(Cl)c(C(=O)NCC23CCCC(CCC2)C3)c1. The van der Waals surface area contributed by atoms with Crippen LogP contribution in [-0.4, -0.2) is 45.5 Å². The molecular formula is C22H33ClN2O4S. The largest absolute Gasteiger partial charge is 0.494 e. The summed E-state index contributed by atoms with van der Waals surface area (Å²) in [6.45, 7) is 1.07. The topological polar surface area (TPSA) is 98.5 Å². The Bertz CT molecular complexity index is 834. The summed E-state index contributed by atoms with van der Waals surface area (Å²) < 4.78 is 29.1. The predicted molar refractivity (Wildman–Crippen MR) is 120 cm³/mol. The van der Waals surface area contributed by atoms with Gasteiger partial charge in [0.05, 0.1) is 28.7 Å². The van der Waals surface area contributed by atoms with Crippen LogP contribution in [0.5, 0.6) is 5.75 Å². The van der Waals surface area contributed by atoms with Crippen molar-refractivity contribution in [3.63, 3.8) is 0 Å². The van der Waals surface area contributed by atoms with E-state index in [4.69, 9.17) is 22.1 Å². The van der Waals surface area contributed by atoms with Crippen molar-refractivity contribution in [2.75, 3.05) is 31.2 Å². The lowest BCUT2D eigenvalue weighted by molar-refractivity contribution is 0.0681. The zero-order valence-corrected chi connectivity index (χ0v) is 19.1. The van der Waals surface area contributed by atoms with Gasteiger partial charge in [-0.2, -0.15) is 0 Å². The number of nitrogens with one attached hydrogen (secondary N) is 1. The highest BCUT2D eigenvalue weighted by Gasteiger charge is 2.39. The second-order valence-corrected chi connectivity index (χ2v) is 11.5. The van der Waals surface area contributed by atoms with Crippen LogP contribution in [0.2, 0.25) is 5.02 Å². The van der Waals surface area contributed by atoms with Crippen LogP contribution in [-0.2, 0) is 9.84 Å². The molecule has 2 fully saturated rings. The van der Waals surface area contributed by atoms with E-state index in [-0.39, 0.29) is 36.0 Å². The van der Waals surface area contributed by atoms with E-state index in [0.29, 0.717) is 29.3 Å². The molecule has 3 rings (SSSR count). The van der Waals surface area contributed by atoms with Crippen LogP contribution in [0, 0.1) is 11.3 Å². The minimum atomic E-state index is -3.13.